The van der Waals surface area contributed by atoms with Crippen molar-refractivity contribution in [1.82, 2.24) is 0 Å². The summed E-state index contributed by atoms with van der Waals surface area (Å²) in [5.41, 5.74) is 2.21. The number of carbonyl (C=O) groups excluding carboxylic acids is 1. The molecule has 3 atom stereocenters. The minimum Gasteiger partial charge on any atom is -0.461 e. The molecule has 3 heteroatoms. The van der Waals surface area contributed by atoms with E-state index in [0.29, 0.717) is 5.92 Å². The van der Waals surface area contributed by atoms with Crippen LogP contribution in [0, 0.1) is 0 Å². The van der Waals surface area contributed by atoms with Gasteiger partial charge in [-0.2, -0.15) is 0 Å². The lowest BCUT2D eigenvalue weighted by atomic mass is 9.81. The van der Waals surface area contributed by atoms with Crippen molar-refractivity contribution in [2.24, 2.45) is 0 Å². The summed E-state index contributed by atoms with van der Waals surface area (Å²) < 4.78 is 5.89. The summed E-state index contributed by atoms with van der Waals surface area (Å²) >= 11 is 3.48. The van der Waals surface area contributed by atoms with Crippen LogP contribution in [0.3, 0.4) is 0 Å². The first-order valence-electron chi connectivity index (χ1n) is 8.20. The van der Waals surface area contributed by atoms with Gasteiger partial charge in [0.15, 0.2) is 0 Å². The van der Waals surface area contributed by atoms with E-state index in [1.54, 1.807) is 0 Å². The van der Waals surface area contributed by atoms with Gasteiger partial charge in [0.2, 0.25) is 0 Å². The van der Waals surface area contributed by atoms with Crippen LogP contribution in [0.2, 0.25) is 0 Å². The summed E-state index contributed by atoms with van der Waals surface area (Å²) in [6.45, 7) is 0. The molecule has 1 aliphatic rings. The lowest BCUT2D eigenvalue weighted by Gasteiger charge is -2.32. The highest BCUT2D eigenvalue weighted by atomic mass is 79.9. The molecule has 2 aromatic carbocycles. The van der Waals surface area contributed by atoms with Gasteiger partial charge in [-0.05, 0) is 30.4 Å². The molecule has 23 heavy (non-hydrogen) atoms. The maximum absolute atomic E-state index is 12.5. The van der Waals surface area contributed by atoms with Crippen molar-refractivity contribution in [2.45, 2.75) is 42.5 Å². The number of rotatable bonds is 4. The summed E-state index contributed by atoms with van der Waals surface area (Å²) in [5.74, 6) is 0.119. The second-order valence-electron chi connectivity index (χ2n) is 6.05. The highest BCUT2D eigenvalue weighted by molar-refractivity contribution is 9.09. The molecule has 1 saturated carbocycles. The largest absolute Gasteiger partial charge is 0.461 e. The lowest BCUT2D eigenvalue weighted by molar-refractivity contribution is -0.150. The average molecular weight is 373 g/mol. The summed E-state index contributed by atoms with van der Waals surface area (Å²) in [6, 6.07) is 20.1. The molecule has 120 valence electrons. The zero-order valence-corrected chi connectivity index (χ0v) is 14.6. The lowest BCUT2D eigenvalue weighted by Crippen LogP contribution is -2.29. The Balaban J connectivity index is 1.71. The fourth-order valence-electron chi connectivity index (χ4n) is 3.29. The molecular formula is C20H21BrO2. The maximum atomic E-state index is 12.5. The number of esters is 1. The van der Waals surface area contributed by atoms with Crippen LogP contribution in [0.5, 0.6) is 0 Å². The van der Waals surface area contributed by atoms with E-state index in [-0.39, 0.29) is 12.1 Å². The van der Waals surface area contributed by atoms with Crippen LogP contribution in [-0.2, 0) is 9.53 Å². The van der Waals surface area contributed by atoms with Gasteiger partial charge < -0.3 is 4.74 Å². The smallest absolute Gasteiger partial charge is 0.324 e. The molecule has 1 fully saturated rings. The molecule has 0 bridgehead atoms. The Morgan fingerprint density at radius 3 is 2.26 bits per heavy atom. The zero-order chi connectivity index (χ0) is 16.1. The van der Waals surface area contributed by atoms with E-state index in [4.69, 9.17) is 4.74 Å². The minimum absolute atomic E-state index is 0.0255. The first-order chi connectivity index (χ1) is 11.3. The number of halogens is 1. The van der Waals surface area contributed by atoms with Crippen molar-refractivity contribution < 1.29 is 9.53 Å². The zero-order valence-electron chi connectivity index (χ0n) is 13.0. The molecule has 0 radical (unpaired) electrons. The molecule has 0 N–H and O–H groups in total. The van der Waals surface area contributed by atoms with Crippen LogP contribution < -0.4 is 0 Å². The topological polar surface area (TPSA) is 26.3 Å². The number of ether oxygens (including phenoxy) is 1. The van der Waals surface area contributed by atoms with Gasteiger partial charge in [-0.15, -0.1) is 0 Å². The molecule has 1 unspecified atom stereocenters. The molecule has 0 heterocycles. The predicted octanol–water partition coefficient (Wildman–Crippen LogP) is 5.39. The summed E-state index contributed by atoms with van der Waals surface area (Å²) in [4.78, 5) is 12.1. The Labute approximate surface area is 146 Å². The number of carbonyl (C=O) groups is 1. The maximum Gasteiger partial charge on any atom is 0.324 e. The van der Waals surface area contributed by atoms with Gasteiger partial charge in [-0.3, -0.25) is 4.79 Å². The highest BCUT2D eigenvalue weighted by Crippen LogP contribution is 2.36. The van der Waals surface area contributed by atoms with Crippen LogP contribution in [-0.4, -0.2) is 12.1 Å². The molecule has 0 amide bonds. The minimum atomic E-state index is -0.401. The number of hydrogen-bond donors (Lipinski definition) is 0. The Morgan fingerprint density at radius 2 is 1.57 bits per heavy atom. The van der Waals surface area contributed by atoms with Crippen molar-refractivity contribution in [3.63, 3.8) is 0 Å². The van der Waals surface area contributed by atoms with Crippen molar-refractivity contribution in [3.8, 4) is 0 Å². The normalized spacial score (nSPS) is 22.3. The van der Waals surface area contributed by atoms with E-state index in [0.717, 1.165) is 24.8 Å². The average Bonchev–Trinajstić information content (AvgIpc) is 2.63. The van der Waals surface area contributed by atoms with Gasteiger partial charge >= 0.3 is 5.97 Å². The summed E-state index contributed by atoms with van der Waals surface area (Å²) in [7, 11) is 0. The van der Waals surface area contributed by atoms with Crippen molar-refractivity contribution >= 4 is 21.9 Å². The first kappa shape index (κ1) is 16.3. The summed E-state index contributed by atoms with van der Waals surface area (Å²) in [5, 5.41) is 0. The number of alkyl halides is 1. The molecule has 2 nitrogen and oxygen atoms in total. The van der Waals surface area contributed by atoms with Gasteiger partial charge in [0.1, 0.15) is 10.9 Å². The van der Waals surface area contributed by atoms with Crippen LogP contribution >= 0.6 is 15.9 Å². The Bertz CT molecular complexity index is 627. The summed E-state index contributed by atoms with van der Waals surface area (Å²) in [6.07, 6.45) is 4.33. The second kappa shape index (κ2) is 7.78. The quantitative estimate of drug-likeness (QED) is 0.530. The van der Waals surface area contributed by atoms with Crippen molar-refractivity contribution in [2.75, 3.05) is 0 Å². The van der Waals surface area contributed by atoms with Crippen LogP contribution in [0.15, 0.2) is 60.7 Å². The van der Waals surface area contributed by atoms with Crippen molar-refractivity contribution in [3.05, 3.63) is 71.8 Å². The van der Waals surface area contributed by atoms with Crippen LogP contribution in [0.25, 0.3) is 0 Å². The monoisotopic (exact) mass is 372 g/mol. The molecule has 0 aromatic heterocycles. The second-order valence-corrected chi connectivity index (χ2v) is 6.97. The predicted molar refractivity (Wildman–Crippen MR) is 95.6 cm³/mol. The Morgan fingerprint density at radius 1 is 0.957 bits per heavy atom. The first-order valence-corrected chi connectivity index (χ1v) is 9.12. The van der Waals surface area contributed by atoms with Gasteiger partial charge in [0.05, 0.1) is 0 Å². The third kappa shape index (κ3) is 4.03. The van der Waals surface area contributed by atoms with Gasteiger partial charge in [-0.25, -0.2) is 0 Å². The Kier molecular flexibility index (Phi) is 5.50. The molecule has 0 spiro atoms. The highest BCUT2D eigenvalue weighted by Gasteiger charge is 2.31. The van der Waals surface area contributed by atoms with E-state index >= 15 is 0 Å². The van der Waals surface area contributed by atoms with E-state index in [9.17, 15) is 4.79 Å². The van der Waals surface area contributed by atoms with E-state index in [1.165, 1.54) is 12.0 Å². The van der Waals surface area contributed by atoms with Gasteiger partial charge in [0, 0.05) is 5.92 Å². The van der Waals surface area contributed by atoms with Gasteiger partial charge in [-0.1, -0.05) is 83.0 Å². The third-order valence-electron chi connectivity index (χ3n) is 4.50. The van der Waals surface area contributed by atoms with Gasteiger partial charge in [0.25, 0.3) is 0 Å². The molecular weight excluding hydrogens is 352 g/mol. The van der Waals surface area contributed by atoms with Crippen molar-refractivity contribution in [1.29, 1.82) is 0 Å². The number of benzene rings is 2. The fourth-order valence-corrected chi connectivity index (χ4v) is 3.70. The third-order valence-corrected chi connectivity index (χ3v) is 5.40. The van der Waals surface area contributed by atoms with E-state index < -0.39 is 4.83 Å². The molecule has 1 aliphatic carbocycles. The number of hydrogen-bond acceptors (Lipinski definition) is 2. The SMILES string of the molecule is O=C(O[C@@H]1CCCC[C@H]1c1ccccc1)C(Br)c1ccccc1. The van der Waals surface area contributed by atoms with E-state index in [1.807, 2.05) is 36.4 Å². The molecule has 3 rings (SSSR count). The molecule has 2 aromatic rings. The standard InChI is InChI=1S/C20H21BrO2/c21-19(16-11-5-2-6-12-16)20(22)23-18-14-8-7-13-17(18)15-9-3-1-4-10-15/h1-6,9-12,17-19H,7-8,13-14H2/t17-,18+,19?/m0/s1. The van der Waals surface area contributed by atoms with Crippen LogP contribution in [0.4, 0.5) is 0 Å². The van der Waals surface area contributed by atoms with Crippen LogP contribution in [0.1, 0.15) is 47.6 Å². The fraction of sp³-hybridized carbons (Fsp3) is 0.350. The van der Waals surface area contributed by atoms with E-state index in [2.05, 4.69) is 40.2 Å². The Hall–Kier alpha value is -1.61. The molecule has 0 aliphatic heterocycles. The molecule has 0 saturated heterocycles.